The highest BCUT2D eigenvalue weighted by Gasteiger charge is 2.06. The van der Waals surface area contributed by atoms with Crippen LogP contribution in [0.2, 0.25) is 0 Å². The first kappa shape index (κ1) is 20.0. The largest absolute Gasteiger partial charge is 0.497 e. The Labute approximate surface area is 159 Å². The molecule has 0 fully saturated rings. The van der Waals surface area contributed by atoms with Crippen LogP contribution >= 0.6 is 0 Å². The van der Waals surface area contributed by atoms with Crippen LogP contribution in [0.5, 0.6) is 11.5 Å². The number of ether oxygens (including phenoxy) is 2. The van der Waals surface area contributed by atoms with Crippen LogP contribution in [0.3, 0.4) is 0 Å². The first-order chi connectivity index (χ1) is 13.0. The molecule has 0 atom stereocenters. The number of nitrogens with one attached hydrogen (secondary N) is 1. The van der Waals surface area contributed by atoms with Crippen molar-refractivity contribution in [2.24, 2.45) is 0 Å². The van der Waals surface area contributed by atoms with Crippen molar-refractivity contribution < 1.29 is 14.3 Å². The van der Waals surface area contributed by atoms with Gasteiger partial charge in [-0.1, -0.05) is 12.1 Å². The van der Waals surface area contributed by atoms with Gasteiger partial charge in [-0.15, -0.1) is 0 Å². The molecule has 1 amide bonds. The summed E-state index contributed by atoms with van der Waals surface area (Å²) in [6.45, 7) is 1.29. The Balaban J connectivity index is 2.12. The molecule has 1 N–H and O–H groups in total. The average Bonchev–Trinajstić information content (AvgIpc) is 2.67. The maximum atomic E-state index is 12.2. The van der Waals surface area contributed by atoms with Crippen LogP contribution in [-0.2, 0) is 4.79 Å². The van der Waals surface area contributed by atoms with E-state index in [0.29, 0.717) is 29.4 Å². The van der Waals surface area contributed by atoms with Crippen molar-refractivity contribution in [1.29, 1.82) is 5.26 Å². The maximum Gasteiger partial charge on any atom is 0.248 e. The number of carbonyl (C=O) groups is 1. The van der Waals surface area contributed by atoms with Gasteiger partial charge in [-0.2, -0.15) is 5.26 Å². The molecule has 0 aliphatic rings. The molecular formula is C21H23N3O3. The van der Waals surface area contributed by atoms with E-state index >= 15 is 0 Å². The van der Waals surface area contributed by atoms with Crippen molar-refractivity contribution in [3.05, 3.63) is 59.7 Å². The smallest absolute Gasteiger partial charge is 0.248 e. The van der Waals surface area contributed by atoms with Gasteiger partial charge in [-0.25, -0.2) is 0 Å². The minimum atomic E-state index is -0.326. The highest BCUT2D eigenvalue weighted by Crippen LogP contribution is 2.26. The number of hydrogen-bond donors (Lipinski definition) is 1. The molecule has 0 radical (unpaired) electrons. The Morgan fingerprint density at radius 1 is 1.26 bits per heavy atom. The normalized spacial score (nSPS) is 10.6. The average molecular weight is 365 g/mol. The third-order valence-corrected chi connectivity index (χ3v) is 3.74. The van der Waals surface area contributed by atoms with Crippen LogP contribution in [0.4, 0.5) is 5.69 Å². The SMILES string of the molecule is COc1ccc(/C=C/C(=O)Nc2ccccc2C#N)c(OCCN(C)C)c1. The molecule has 0 saturated heterocycles. The summed E-state index contributed by atoms with van der Waals surface area (Å²) in [5.74, 6) is 0.991. The van der Waals surface area contributed by atoms with E-state index in [4.69, 9.17) is 14.7 Å². The van der Waals surface area contributed by atoms with Crippen LogP contribution in [0.15, 0.2) is 48.5 Å². The Bertz CT molecular complexity index is 854. The number of rotatable bonds is 8. The zero-order valence-corrected chi connectivity index (χ0v) is 15.7. The number of nitriles is 1. The minimum absolute atomic E-state index is 0.326. The van der Waals surface area contributed by atoms with E-state index < -0.39 is 0 Å². The fraction of sp³-hybridized carbons (Fsp3) is 0.238. The summed E-state index contributed by atoms with van der Waals surface area (Å²) in [5.41, 5.74) is 1.65. The molecule has 0 aliphatic carbocycles. The van der Waals surface area contributed by atoms with E-state index in [1.54, 1.807) is 49.6 Å². The van der Waals surface area contributed by atoms with Crippen LogP contribution in [0.25, 0.3) is 6.08 Å². The van der Waals surface area contributed by atoms with Crippen molar-refractivity contribution >= 4 is 17.7 Å². The van der Waals surface area contributed by atoms with E-state index in [2.05, 4.69) is 11.4 Å². The predicted molar refractivity (Wildman–Crippen MR) is 106 cm³/mol. The molecule has 2 aromatic carbocycles. The van der Waals surface area contributed by atoms with Gasteiger partial charge in [0.25, 0.3) is 0 Å². The summed E-state index contributed by atoms with van der Waals surface area (Å²) in [6.07, 6.45) is 3.09. The lowest BCUT2D eigenvalue weighted by atomic mass is 10.1. The maximum absolute atomic E-state index is 12.2. The zero-order chi connectivity index (χ0) is 19.6. The monoisotopic (exact) mass is 365 g/mol. The van der Waals surface area contributed by atoms with Gasteiger partial charge >= 0.3 is 0 Å². The highest BCUT2D eigenvalue weighted by atomic mass is 16.5. The van der Waals surface area contributed by atoms with Crippen LogP contribution in [0, 0.1) is 11.3 Å². The molecule has 27 heavy (non-hydrogen) atoms. The van der Waals surface area contributed by atoms with Crippen molar-refractivity contribution in [2.75, 3.05) is 39.7 Å². The summed E-state index contributed by atoms with van der Waals surface area (Å²) in [7, 11) is 5.53. The van der Waals surface area contributed by atoms with Crippen molar-refractivity contribution in [1.82, 2.24) is 4.90 Å². The van der Waals surface area contributed by atoms with Crippen molar-refractivity contribution in [3.63, 3.8) is 0 Å². The molecule has 0 aromatic heterocycles. The van der Waals surface area contributed by atoms with Gasteiger partial charge in [-0.3, -0.25) is 4.79 Å². The van der Waals surface area contributed by atoms with E-state index in [1.807, 2.05) is 25.1 Å². The number of carbonyl (C=O) groups excluding carboxylic acids is 1. The lowest BCUT2D eigenvalue weighted by molar-refractivity contribution is -0.111. The van der Waals surface area contributed by atoms with Gasteiger partial charge in [0, 0.05) is 24.3 Å². The zero-order valence-electron chi connectivity index (χ0n) is 15.7. The molecule has 6 nitrogen and oxygen atoms in total. The lowest BCUT2D eigenvalue weighted by Gasteiger charge is -2.13. The van der Waals surface area contributed by atoms with Gasteiger partial charge < -0.3 is 19.7 Å². The fourth-order valence-electron chi connectivity index (χ4n) is 2.27. The number of para-hydroxylation sites is 1. The van der Waals surface area contributed by atoms with Gasteiger partial charge in [-0.05, 0) is 44.4 Å². The first-order valence-corrected chi connectivity index (χ1v) is 8.47. The summed E-state index contributed by atoms with van der Waals surface area (Å²) in [5, 5.41) is 11.8. The quantitative estimate of drug-likeness (QED) is 0.728. The Morgan fingerprint density at radius 3 is 2.74 bits per heavy atom. The van der Waals surface area contributed by atoms with E-state index in [9.17, 15) is 4.79 Å². The summed E-state index contributed by atoms with van der Waals surface area (Å²) < 4.78 is 11.1. The van der Waals surface area contributed by atoms with Gasteiger partial charge in [0.2, 0.25) is 5.91 Å². The molecule has 6 heteroatoms. The number of amides is 1. The Morgan fingerprint density at radius 2 is 2.04 bits per heavy atom. The molecule has 0 unspecified atom stereocenters. The Hall–Kier alpha value is -3.30. The van der Waals surface area contributed by atoms with E-state index in [-0.39, 0.29) is 5.91 Å². The Kier molecular flexibility index (Phi) is 7.41. The standard InChI is InChI=1S/C21H23N3O3/c1-24(2)12-13-27-20-14-18(26-3)10-8-16(20)9-11-21(25)23-19-7-5-4-6-17(19)15-22/h4-11,14H,12-13H2,1-3H3,(H,23,25)/b11-9+. The molecule has 0 heterocycles. The summed E-state index contributed by atoms with van der Waals surface area (Å²) in [4.78, 5) is 14.2. The molecule has 0 aliphatic heterocycles. The number of anilines is 1. The second-order valence-electron chi connectivity index (χ2n) is 6.04. The van der Waals surface area contributed by atoms with Gasteiger partial charge in [0.15, 0.2) is 0 Å². The summed E-state index contributed by atoms with van der Waals surface area (Å²) >= 11 is 0. The first-order valence-electron chi connectivity index (χ1n) is 8.47. The number of likely N-dealkylation sites (N-methyl/N-ethyl adjacent to an activating group) is 1. The third-order valence-electron chi connectivity index (χ3n) is 3.74. The predicted octanol–water partition coefficient (Wildman–Crippen LogP) is 3.16. The molecule has 0 saturated carbocycles. The van der Waals surface area contributed by atoms with Crippen LogP contribution < -0.4 is 14.8 Å². The second kappa shape index (κ2) is 10.00. The van der Waals surface area contributed by atoms with Crippen molar-refractivity contribution in [2.45, 2.75) is 0 Å². The van der Waals surface area contributed by atoms with E-state index in [0.717, 1.165) is 12.1 Å². The highest BCUT2D eigenvalue weighted by molar-refractivity contribution is 6.02. The minimum Gasteiger partial charge on any atom is -0.497 e. The molecule has 0 spiro atoms. The number of benzene rings is 2. The van der Waals surface area contributed by atoms with Crippen molar-refractivity contribution in [3.8, 4) is 17.6 Å². The molecular weight excluding hydrogens is 342 g/mol. The number of methoxy groups -OCH3 is 1. The number of nitrogens with zero attached hydrogens (tertiary/aromatic N) is 2. The molecule has 140 valence electrons. The molecule has 2 rings (SSSR count). The second-order valence-corrected chi connectivity index (χ2v) is 6.04. The topological polar surface area (TPSA) is 74.6 Å². The van der Waals surface area contributed by atoms with E-state index in [1.165, 1.54) is 6.08 Å². The summed E-state index contributed by atoms with van der Waals surface area (Å²) in [6, 6.07) is 14.3. The lowest BCUT2D eigenvalue weighted by Crippen LogP contribution is -2.19. The molecule has 2 aromatic rings. The van der Waals surface area contributed by atoms with Crippen LogP contribution in [0.1, 0.15) is 11.1 Å². The fourth-order valence-corrected chi connectivity index (χ4v) is 2.27. The van der Waals surface area contributed by atoms with Gasteiger partial charge in [0.05, 0.1) is 18.4 Å². The molecule has 0 bridgehead atoms. The third kappa shape index (κ3) is 6.17. The van der Waals surface area contributed by atoms with Crippen LogP contribution in [-0.4, -0.2) is 45.2 Å². The number of hydrogen-bond acceptors (Lipinski definition) is 5. The van der Waals surface area contributed by atoms with Gasteiger partial charge in [0.1, 0.15) is 24.2 Å².